The number of nitrogens with two attached hydrogens (primary N) is 1. The molecule has 0 spiro atoms. The molecule has 19 heavy (non-hydrogen) atoms. The second-order valence-corrected chi connectivity index (χ2v) is 5.52. The number of para-hydroxylation sites is 1. The maximum Gasteiger partial charge on any atom is 0.0726 e. The predicted octanol–water partition coefficient (Wildman–Crippen LogP) is 3.05. The maximum atomic E-state index is 6.13. The van der Waals surface area contributed by atoms with Gasteiger partial charge in [0.15, 0.2) is 0 Å². The molecule has 1 unspecified atom stereocenters. The Morgan fingerprint density at radius 1 is 1.37 bits per heavy atom. The number of fused-ring (bicyclic) bond motifs is 1. The van der Waals surface area contributed by atoms with Crippen molar-refractivity contribution >= 4 is 16.6 Å². The van der Waals surface area contributed by atoms with Crippen LogP contribution in [0.2, 0.25) is 0 Å². The second kappa shape index (κ2) is 5.17. The van der Waals surface area contributed by atoms with E-state index in [-0.39, 0.29) is 0 Å². The van der Waals surface area contributed by atoms with Gasteiger partial charge in [-0.05, 0) is 31.0 Å². The van der Waals surface area contributed by atoms with Gasteiger partial charge in [-0.1, -0.05) is 31.5 Å². The largest absolute Gasteiger partial charge is 0.398 e. The topological polar surface area (TPSA) is 42.1 Å². The van der Waals surface area contributed by atoms with E-state index in [1.807, 2.05) is 30.3 Å². The summed E-state index contributed by atoms with van der Waals surface area (Å²) in [6.07, 6.45) is 2.60. The molecule has 2 heterocycles. The molecule has 1 aromatic carbocycles. The van der Waals surface area contributed by atoms with E-state index in [2.05, 4.69) is 11.8 Å². The molecule has 0 amide bonds. The number of nitrogen functional groups attached to an aromatic ring is 1. The van der Waals surface area contributed by atoms with Gasteiger partial charge in [0.05, 0.1) is 11.2 Å². The summed E-state index contributed by atoms with van der Waals surface area (Å²) in [5.41, 5.74) is 9.06. The van der Waals surface area contributed by atoms with Crippen LogP contribution in [0.15, 0.2) is 30.3 Å². The molecule has 1 aromatic heterocycles. The Labute approximate surface area is 114 Å². The summed E-state index contributed by atoms with van der Waals surface area (Å²) in [4.78, 5) is 7.22. The van der Waals surface area contributed by atoms with Crippen molar-refractivity contribution in [1.82, 2.24) is 9.88 Å². The summed E-state index contributed by atoms with van der Waals surface area (Å²) in [5, 5.41) is 1.05. The van der Waals surface area contributed by atoms with Gasteiger partial charge in [-0.3, -0.25) is 9.88 Å². The molecule has 2 aromatic rings. The molecular weight excluding hydrogens is 234 g/mol. The van der Waals surface area contributed by atoms with E-state index in [0.717, 1.165) is 34.7 Å². The fourth-order valence-corrected chi connectivity index (χ4v) is 2.96. The number of aromatic nitrogens is 1. The molecule has 0 saturated carbocycles. The molecular formula is C16H21N3. The summed E-state index contributed by atoms with van der Waals surface area (Å²) >= 11 is 0. The Hall–Kier alpha value is -1.61. The first-order chi connectivity index (χ1) is 9.26. The maximum absolute atomic E-state index is 6.13. The van der Waals surface area contributed by atoms with Crippen molar-refractivity contribution in [3.63, 3.8) is 0 Å². The average molecular weight is 255 g/mol. The lowest BCUT2D eigenvalue weighted by atomic mass is 10.1. The Kier molecular flexibility index (Phi) is 3.38. The normalized spacial score (nSPS) is 20.2. The zero-order valence-electron chi connectivity index (χ0n) is 11.5. The summed E-state index contributed by atoms with van der Waals surface area (Å²) in [5.74, 6) is 0.859. The predicted molar refractivity (Wildman–Crippen MR) is 79.8 cm³/mol. The van der Waals surface area contributed by atoms with Crippen LogP contribution in [0.4, 0.5) is 5.69 Å². The Morgan fingerprint density at radius 2 is 2.21 bits per heavy atom. The number of likely N-dealkylation sites (tertiary alicyclic amines) is 1. The van der Waals surface area contributed by atoms with E-state index in [0.29, 0.717) is 0 Å². The van der Waals surface area contributed by atoms with E-state index < -0.39 is 0 Å². The number of rotatable bonds is 3. The fraction of sp³-hybridized carbons (Fsp3) is 0.438. The smallest absolute Gasteiger partial charge is 0.0726 e. The number of hydrogen-bond donors (Lipinski definition) is 1. The molecule has 3 rings (SSSR count). The minimum atomic E-state index is 0.840. The van der Waals surface area contributed by atoms with Gasteiger partial charge in [0, 0.05) is 24.2 Å². The number of hydrogen-bond acceptors (Lipinski definition) is 3. The highest BCUT2D eigenvalue weighted by atomic mass is 15.1. The first-order valence-electron chi connectivity index (χ1n) is 7.12. The van der Waals surface area contributed by atoms with Crippen LogP contribution in [0.1, 0.15) is 25.5 Å². The minimum Gasteiger partial charge on any atom is -0.398 e. The van der Waals surface area contributed by atoms with Gasteiger partial charge in [-0.25, -0.2) is 0 Å². The zero-order valence-corrected chi connectivity index (χ0v) is 11.5. The van der Waals surface area contributed by atoms with Crippen LogP contribution >= 0.6 is 0 Å². The highest BCUT2D eigenvalue weighted by molar-refractivity contribution is 5.90. The molecule has 0 aliphatic carbocycles. The lowest BCUT2D eigenvalue weighted by Crippen LogP contribution is -2.20. The molecule has 2 N–H and O–H groups in total. The lowest BCUT2D eigenvalue weighted by Gasteiger charge is -2.16. The van der Waals surface area contributed by atoms with Gasteiger partial charge in [0.2, 0.25) is 0 Å². The van der Waals surface area contributed by atoms with Crippen molar-refractivity contribution in [2.75, 3.05) is 18.8 Å². The van der Waals surface area contributed by atoms with Crippen LogP contribution in [-0.4, -0.2) is 23.0 Å². The minimum absolute atomic E-state index is 0.840. The molecule has 0 bridgehead atoms. The highest BCUT2D eigenvalue weighted by Gasteiger charge is 2.21. The van der Waals surface area contributed by atoms with E-state index in [9.17, 15) is 0 Å². The average Bonchev–Trinajstić information content (AvgIpc) is 2.86. The Balaban J connectivity index is 1.82. The molecule has 1 atom stereocenters. The number of pyridine rings is 1. The SMILES string of the molecule is CCC1CCN(Cc2cc(N)c3ccccc3n2)C1. The lowest BCUT2D eigenvalue weighted by molar-refractivity contribution is 0.312. The first kappa shape index (κ1) is 12.4. The van der Waals surface area contributed by atoms with Crippen molar-refractivity contribution < 1.29 is 0 Å². The number of benzene rings is 1. The van der Waals surface area contributed by atoms with E-state index in [1.165, 1.54) is 25.9 Å². The van der Waals surface area contributed by atoms with Gasteiger partial charge in [-0.15, -0.1) is 0 Å². The van der Waals surface area contributed by atoms with Gasteiger partial charge in [0.25, 0.3) is 0 Å². The third kappa shape index (κ3) is 2.56. The van der Waals surface area contributed by atoms with Crippen LogP contribution in [0, 0.1) is 5.92 Å². The summed E-state index contributed by atoms with van der Waals surface area (Å²) in [6.45, 7) is 5.59. The Morgan fingerprint density at radius 3 is 3.00 bits per heavy atom. The fourth-order valence-electron chi connectivity index (χ4n) is 2.96. The highest BCUT2D eigenvalue weighted by Crippen LogP contribution is 2.24. The van der Waals surface area contributed by atoms with Crippen LogP contribution in [0.5, 0.6) is 0 Å². The van der Waals surface area contributed by atoms with E-state index in [4.69, 9.17) is 10.7 Å². The van der Waals surface area contributed by atoms with Crippen LogP contribution in [0.3, 0.4) is 0 Å². The van der Waals surface area contributed by atoms with Crippen molar-refractivity contribution in [1.29, 1.82) is 0 Å². The molecule has 3 heteroatoms. The van der Waals surface area contributed by atoms with Crippen molar-refractivity contribution in [3.8, 4) is 0 Å². The molecule has 3 nitrogen and oxygen atoms in total. The van der Waals surface area contributed by atoms with Crippen LogP contribution < -0.4 is 5.73 Å². The zero-order chi connectivity index (χ0) is 13.2. The number of anilines is 1. The van der Waals surface area contributed by atoms with E-state index in [1.54, 1.807) is 0 Å². The second-order valence-electron chi connectivity index (χ2n) is 5.52. The van der Waals surface area contributed by atoms with Gasteiger partial charge in [0.1, 0.15) is 0 Å². The molecule has 1 fully saturated rings. The van der Waals surface area contributed by atoms with Crippen molar-refractivity contribution in [2.45, 2.75) is 26.3 Å². The molecule has 1 aliphatic heterocycles. The molecule has 1 aliphatic rings. The third-order valence-electron chi connectivity index (χ3n) is 4.13. The summed E-state index contributed by atoms with van der Waals surface area (Å²) in [6, 6.07) is 10.1. The first-order valence-corrected chi connectivity index (χ1v) is 7.12. The van der Waals surface area contributed by atoms with Gasteiger partial charge >= 0.3 is 0 Å². The summed E-state index contributed by atoms with van der Waals surface area (Å²) in [7, 11) is 0. The van der Waals surface area contributed by atoms with Crippen LogP contribution in [0.25, 0.3) is 10.9 Å². The quantitative estimate of drug-likeness (QED) is 0.916. The van der Waals surface area contributed by atoms with Crippen molar-refractivity contribution in [3.05, 3.63) is 36.0 Å². The van der Waals surface area contributed by atoms with E-state index >= 15 is 0 Å². The number of nitrogens with zero attached hydrogens (tertiary/aromatic N) is 2. The van der Waals surface area contributed by atoms with Gasteiger partial charge < -0.3 is 5.73 Å². The monoisotopic (exact) mass is 255 g/mol. The molecule has 0 radical (unpaired) electrons. The Bertz CT molecular complexity index is 579. The van der Waals surface area contributed by atoms with Gasteiger partial charge in [-0.2, -0.15) is 0 Å². The molecule has 1 saturated heterocycles. The standard InChI is InChI=1S/C16H21N3/c1-2-12-7-8-19(10-12)11-13-9-15(17)14-5-3-4-6-16(14)18-13/h3-6,9,12H,2,7-8,10-11H2,1H3,(H2,17,18). The molecule has 100 valence electrons. The summed E-state index contributed by atoms with van der Waals surface area (Å²) < 4.78 is 0. The van der Waals surface area contributed by atoms with Crippen molar-refractivity contribution in [2.24, 2.45) is 5.92 Å². The third-order valence-corrected chi connectivity index (χ3v) is 4.13. The van der Waals surface area contributed by atoms with Crippen LogP contribution in [-0.2, 0) is 6.54 Å².